The van der Waals surface area contributed by atoms with E-state index in [1.165, 1.54) is 5.69 Å². The Balaban J connectivity index is 2.48. The number of hydrogen-bond acceptors (Lipinski definition) is 3. The molecule has 1 rings (SSSR count). The molecule has 0 saturated heterocycles. The summed E-state index contributed by atoms with van der Waals surface area (Å²) < 4.78 is 11.3. The highest BCUT2D eigenvalue weighted by molar-refractivity contribution is 5.45. The monoisotopic (exact) mass is 265 g/mol. The molecule has 1 aromatic carbocycles. The molecule has 0 bridgehead atoms. The highest BCUT2D eigenvalue weighted by atomic mass is 16.5. The predicted octanol–water partition coefficient (Wildman–Crippen LogP) is 3.34. The number of para-hydroxylation sites is 1. The first-order chi connectivity index (χ1) is 9.09. The standard InChI is InChI=1S/C16H27NO2/c1-14(2)18-12-10-17(11-13-19-15(3)4)16-8-6-5-7-9-16/h5-9,14-15H,10-13H2,1-4H3. The molecule has 0 unspecified atom stereocenters. The fourth-order valence-corrected chi connectivity index (χ4v) is 1.81. The van der Waals surface area contributed by atoms with E-state index in [0.717, 1.165) is 26.3 Å². The zero-order valence-electron chi connectivity index (χ0n) is 12.6. The molecule has 0 aliphatic carbocycles. The molecule has 0 aliphatic rings. The van der Waals surface area contributed by atoms with Crippen LogP contribution in [0.2, 0.25) is 0 Å². The molecule has 0 atom stereocenters. The van der Waals surface area contributed by atoms with Crippen LogP contribution in [0.3, 0.4) is 0 Å². The summed E-state index contributed by atoms with van der Waals surface area (Å²) >= 11 is 0. The molecule has 0 heterocycles. The summed E-state index contributed by atoms with van der Waals surface area (Å²) in [5.41, 5.74) is 1.22. The van der Waals surface area contributed by atoms with Crippen molar-refractivity contribution in [1.29, 1.82) is 0 Å². The van der Waals surface area contributed by atoms with Crippen LogP contribution in [-0.2, 0) is 9.47 Å². The van der Waals surface area contributed by atoms with Crippen molar-refractivity contribution >= 4 is 5.69 Å². The maximum Gasteiger partial charge on any atom is 0.0645 e. The van der Waals surface area contributed by atoms with Crippen molar-refractivity contribution in [2.45, 2.75) is 39.9 Å². The predicted molar refractivity (Wildman–Crippen MR) is 80.8 cm³/mol. The van der Waals surface area contributed by atoms with Gasteiger partial charge in [-0.15, -0.1) is 0 Å². The van der Waals surface area contributed by atoms with Crippen LogP contribution >= 0.6 is 0 Å². The second kappa shape index (κ2) is 8.94. The van der Waals surface area contributed by atoms with Gasteiger partial charge in [0.05, 0.1) is 25.4 Å². The Kier molecular flexibility index (Phi) is 7.53. The summed E-state index contributed by atoms with van der Waals surface area (Å²) in [7, 11) is 0. The molecule has 0 fully saturated rings. The average Bonchev–Trinajstić information content (AvgIpc) is 2.37. The minimum atomic E-state index is 0.282. The molecular weight excluding hydrogens is 238 g/mol. The minimum absolute atomic E-state index is 0.282. The first-order valence-electron chi connectivity index (χ1n) is 7.12. The van der Waals surface area contributed by atoms with Crippen molar-refractivity contribution in [3.63, 3.8) is 0 Å². The lowest BCUT2D eigenvalue weighted by atomic mass is 10.3. The van der Waals surface area contributed by atoms with Gasteiger partial charge in [-0.2, -0.15) is 0 Å². The van der Waals surface area contributed by atoms with Crippen LogP contribution < -0.4 is 4.90 Å². The maximum absolute atomic E-state index is 5.64. The number of ether oxygens (including phenoxy) is 2. The molecule has 108 valence electrons. The average molecular weight is 265 g/mol. The van der Waals surface area contributed by atoms with Crippen molar-refractivity contribution in [3.05, 3.63) is 30.3 Å². The van der Waals surface area contributed by atoms with Crippen LogP contribution in [0.5, 0.6) is 0 Å². The largest absolute Gasteiger partial charge is 0.377 e. The molecule has 0 aliphatic heterocycles. The minimum Gasteiger partial charge on any atom is -0.377 e. The summed E-state index contributed by atoms with van der Waals surface area (Å²) in [5.74, 6) is 0. The number of rotatable bonds is 9. The number of benzene rings is 1. The quantitative estimate of drug-likeness (QED) is 0.683. The second-order valence-electron chi connectivity index (χ2n) is 5.16. The molecule has 0 aromatic heterocycles. The van der Waals surface area contributed by atoms with Gasteiger partial charge in [0.25, 0.3) is 0 Å². The smallest absolute Gasteiger partial charge is 0.0645 e. The van der Waals surface area contributed by atoms with Crippen LogP contribution in [-0.4, -0.2) is 38.5 Å². The van der Waals surface area contributed by atoms with Gasteiger partial charge in [0, 0.05) is 18.8 Å². The van der Waals surface area contributed by atoms with Gasteiger partial charge in [-0.25, -0.2) is 0 Å². The van der Waals surface area contributed by atoms with Crippen LogP contribution in [0, 0.1) is 0 Å². The summed E-state index contributed by atoms with van der Waals surface area (Å²) in [6.45, 7) is 11.5. The summed E-state index contributed by atoms with van der Waals surface area (Å²) in [4.78, 5) is 2.31. The Morgan fingerprint density at radius 3 is 1.74 bits per heavy atom. The van der Waals surface area contributed by atoms with Gasteiger partial charge in [-0.3, -0.25) is 0 Å². The molecule has 0 radical (unpaired) electrons. The Morgan fingerprint density at radius 1 is 0.842 bits per heavy atom. The maximum atomic E-state index is 5.64. The Labute approximate surface area is 117 Å². The molecule has 3 nitrogen and oxygen atoms in total. The molecule has 0 spiro atoms. The third-order valence-electron chi connectivity index (χ3n) is 2.75. The van der Waals surface area contributed by atoms with Gasteiger partial charge >= 0.3 is 0 Å². The third-order valence-corrected chi connectivity index (χ3v) is 2.75. The third kappa shape index (κ3) is 7.19. The van der Waals surface area contributed by atoms with E-state index in [0.29, 0.717) is 0 Å². The molecule has 0 amide bonds. The van der Waals surface area contributed by atoms with Crippen LogP contribution in [0.15, 0.2) is 30.3 Å². The SMILES string of the molecule is CC(C)OCCN(CCOC(C)C)c1ccccc1. The summed E-state index contributed by atoms with van der Waals surface area (Å²) in [5, 5.41) is 0. The van der Waals surface area contributed by atoms with Gasteiger partial charge in [-0.1, -0.05) is 18.2 Å². The second-order valence-corrected chi connectivity index (χ2v) is 5.16. The molecule has 19 heavy (non-hydrogen) atoms. The highest BCUT2D eigenvalue weighted by Gasteiger charge is 2.07. The van der Waals surface area contributed by atoms with E-state index in [9.17, 15) is 0 Å². The van der Waals surface area contributed by atoms with E-state index in [1.54, 1.807) is 0 Å². The summed E-state index contributed by atoms with van der Waals surface area (Å²) in [6.07, 6.45) is 0.564. The first-order valence-corrected chi connectivity index (χ1v) is 7.12. The van der Waals surface area contributed by atoms with Crippen molar-refractivity contribution < 1.29 is 9.47 Å². The molecule has 1 aromatic rings. The van der Waals surface area contributed by atoms with Gasteiger partial charge in [-0.05, 0) is 39.8 Å². The van der Waals surface area contributed by atoms with Crippen LogP contribution in [0.1, 0.15) is 27.7 Å². The lowest BCUT2D eigenvalue weighted by Crippen LogP contribution is -2.32. The first kappa shape index (κ1) is 16.0. The Morgan fingerprint density at radius 2 is 1.32 bits per heavy atom. The molecule has 0 N–H and O–H groups in total. The zero-order valence-corrected chi connectivity index (χ0v) is 12.6. The van der Waals surface area contributed by atoms with Crippen LogP contribution in [0.25, 0.3) is 0 Å². The fraction of sp³-hybridized carbons (Fsp3) is 0.625. The zero-order chi connectivity index (χ0) is 14.1. The van der Waals surface area contributed by atoms with Gasteiger partial charge < -0.3 is 14.4 Å². The van der Waals surface area contributed by atoms with E-state index in [1.807, 2.05) is 6.07 Å². The van der Waals surface area contributed by atoms with Crippen LogP contribution in [0.4, 0.5) is 5.69 Å². The van der Waals surface area contributed by atoms with Crippen molar-refractivity contribution in [2.75, 3.05) is 31.2 Å². The van der Waals surface area contributed by atoms with E-state index >= 15 is 0 Å². The Bertz CT molecular complexity index is 311. The van der Waals surface area contributed by atoms with E-state index < -0.39 is 0 Å². The number of anilines is 1. The molecular formula is C16H27NO2. The van der Waals surface area contributed by atoms with E-state index in [-0.39, 0.29) is 12.2 Å². The van der Waals surface area contributed by atoms with Gasteiger partial charge in [0.15, 0.2) is 0 Å². The highest BCUT2D eigenvalue weighted by Crippen LogP contribution is 2.12. The fourth-order valence-electron chi connectivity index (χ4n) is 1.81. The summed E-state index contributed by atoms with van der Waals surface area (Å²) in [6, 6.07) is 10.4. The lowest BCUT2D eigenvalue weighted by Gasteiger charge is -2.25. The van der Waals surface area contributed by atoms with E-state index in [2.05, 4.69) is 56.9 Å². The van der Waals surface area contributed by atoms with Crippen molar-refractivity contribution in [2.24, 2.45) is 0 Å². The number of nitrogens with zero attached hydrogens (tertiary/aromatic N) is 1. The lowest BCUT2D eigenvalue weighted by molar-refractivity contribution is 0.0746. The molecule has 3 heteroatoms. The van der Waals surface area contributed by atoms with Crippen molar-refractivity contribution in [3.8, 4) is 0 Å². The van der Waals surface area contributed by atoms with E-state index in [4.69, 9.17) is 9.47 Å². The molecule has 0 saturated carbocycles. The Hall–Kier alpha value is -1.06. The van der Waals surface area contributed by atoms with Gasteiger partial charge in [0.1, 0.15) is 0 Å². The van der Waals surface area contributed by atoms with Gasteiger partial charge in [0.2, 0.25) is 0 Å². The number of hydrogen-bond donors (Lipinski definition) is 0. The van der Waals surface area contributed by atoms with Crippen molar-refractivity contribution in [1.82, 2.24) is 0 Å². The topological polar surface area (TPSA) is 21.7 Å². The normalized spacial score (nSPS) is 11.3.